The average Bonchev–Trinajstić information content (AvgIpc) is 2.14. The van der Waals surface area contributed by atoms with E-state index in [1.807, 2.05) is 0 Å². The number of halogens is 2. The van der Waals surface area contributed by atoms with Crippen LogP contribution in [0.15, 0.2) is 30.3 Å². The first-order chi connectivity index (χ1) is 7.08. The molecular formula is C10H9F2NO2. The second-order valence-electron chi connectivity index (χ2n) is 2.69. The quantitative estimate of drug-likeness (QED) is 0.775. The van der Waals surface area contributed by atoms with Gasteiger partial charge in [-0.3, -0.25) is 4.79 Å². The first-order valence-electron chi connectivity index (χ1n) is 4.10. The van der Waals surface area contributed by atoms with Gasteiger partial charge in [-0.1, -0.05) is 12.1 Å². The highest BCUT2D eigenvalue weighted by atomic mass is 19.3. The Hall–Kier alpha value is -1.91. The largest absolute Gasteiger partial charge is 0.435 e. The summed E-state index contributed by atoms with van der Waals surface area (Å²) in [6, 6.07) is 5.95. The molecule has 0 aliphatic rings. The van der Waals surface area contributed by atoms with Gasteiger partial charge < -0.3 is 10.5 Å². The van der Waals surface area contributed by atoms with Gasteiger partial charge in [0.05, 0.1) is 0 Å². The summed E-state index contributed by atoms with van der Waals surface area (Å²) in [5.41, 5.74) is 5.44. The van der Waals surface area contributed by atoms with Crippen LogP contribution in [0.25, 0.3) is 6.08 Å². The van der Waals surface area contributed by atoms with Gasteiger partial charge in [-0.05, 0) is 23.8 Å². The van der Waals surface area contributed by atoms with Gasteiger partial charge in [0.1, 0.15) is 5.75 Å². The van der Waals surface area contributed by atoms with Crippen LogP contribution in [-0.2, 0) is 4.79 Å². The summed E-state index contributed by atoms with van der Waals surface area (Å²) in [6.45, 7) is -2.86. The monoisotopic (exact) mass is 213 g/mol. The molecule has 0 saturated heterocycles. The molecule has 0 unspecified atom stereocenters. The molecule has 1 aromatic rings. The van der Waals surface area contributed by atoms with Gasteiger partial charge in [0, 0.05) is 6.08 Å². The topological polar surface area (TPSA) is 52.3 Å². The maximum absolute atomic E-state index is 11.9. The molecule has 1 rings (SSSR count). The van der Waals surface area contributed by atoms with Crippen molar-refractivity contribution in [1.29, 1.82) is 0 Å². The van der Waals surface area contributed by atoms with Gasteiger partial charge in [-0.15, -0.1) is 0 Å². The molecular weight excluding hydrogens is 204 g/mol. The lowest BCUT2D eigenvalue weighted by Crippen LogP contribution is -2.05. The molecule has 5 heteroatoms. The number of carbonyl (C=O) groups is 1. The Morgan fingerprint density at radius 3 is 2.80 bits per heavy atom. The van der Waals surface area contributed by atoms with E-state index in [2.05, 4.69) is 4.74 Å². The highest BCUT2D eigenvalue weighted by Crippen LogP contribution is 2.16. The van der Waals surface area contributed by atoms with Crippen molar-refractivity contribution in [3.05, 3.63) is 35.9 Å². The number of ether oxygens (including phenoxy) is 1. The fourth-order valence-corrected chi connectivity index (χ4v) is 0.973. The molecule has 15 heavy (non-hydrogen) atoms. The summed E-state index contributed by atoms with van der Waals surface area (Å²) in [5, 5.41) is 0. The minimum absolute atomic E-state index is 0.0385. The van der Waals surface area contributed by atoms with Crippen molar-refractivity contribution in [2.24, 2.45) is 5.73 Å². The fourth-order valence-electron chi connectivity index (χ4n) is 0.973. The number of benzene rings is 1. The molecule has 0 aliphatic carbocycles. The van der Waals surface area contributed by atoms with Gasteiger partial charge in [-0.2, -0.15) is 8.78 Å². The maximum atomic E-state index is 11.9. The van der Waals surface area contributed by atoms with Crippen molar-refractivity contribution >= 4 is 12.0 Å². The maximum Gasteiger partial charge on any atom is 0.387 e. The minimum Gasteiger partial charge on any atom is -0.435 e. The van der Waals surface area contributed by atoms with Crippen LogP contribution in [0.5, 0.6) is 5.75 Å². The van der Waals surface area contributed by atoms with Crippen molar-refractivity contribution in [3.63, 3.8) is 0 Å². The Labute approximate surface area is 85.1 Å². The Morgan fingerprint density at radius 1 is 1.47 bits per heavy atom. The van der Waals surface area contributed by atoms with E-state index in [0.29, 0.717) is 5.56 Å². The number of alkyl halides is 2. The molecule has 0 radical (unpaired) electrons. The van der Waals surface area contributed by atoms with E-state index in [-0.39, 0.29) is 5.75 Å². The van der Waals surface area contributed by atoms with E-state index in [1.165, 1.54) is 18.2 Å². The zero-order valence-electron chi connectivity index (χ0n) is 7.69. The average molecular weight is 213 g/mol. The summed E-state index contributed by atoms with van der Waals surface area (Å²) < 4.78 is 27.9. The van der Waals surface area contributed by atoms with Crippen LogP contribution in [0.2, 0.25) is 0 Å². The van der Waals surface area contributed by atoms with Gasteiger partial charge in [0.25, 0.3) is 0 Å². The number of nitrogens with two attached hydrogens (primary N) is 1. The van der Waals surface area contributed by atoms with Crippen molar-refractivity contribution in [1.82, 2.24) is 0 Å². The van der Waals surface area contributed by atoms with Gasteiger partial charge in [0.15, 0.2) is 0 Å². The number of carbonyl (C=O) groups excluding carboxylic acids is 1. The molecule has 1 amide bonds. The van der Waals surface area contributed by atoms with E-state index in [0.717, 1.165) is 6.08 Å². The number of hydrogen-bond donors (Lipinski definition) is 1. The Balaban J connectivity index is 2.78. The third kappa shape index (κ3) is 4.21. The number of hydrogen-bond acceptors (Lipinski definition) is 2. The van der Waals surface area contributed by atoms with Gasteiger partial charge in [0.2, 0.25) is 5.91 Å². The molecule has 0 spiro atoms. The van der Waals surface area contributed by atoms with Crippen LogP contribution < -0.4 is 10.5 Å². The molecule has 0 fully saturated rings. The SMILES string of the molecule is NC(=O)/C=C\c1cccc(OC(F)F)c1. The molecule has 2 N–H and O–H groups in total. The number of amides is 1. The first-order valence-corrected chi connectivity index (χ1v) is 4.10. The number of primary amides is 1. The van der Waals surface area contributed by atoms with Crippen LogP contribution in [-0.4, -0.2) is 12.5 Å². The molecule has 0 atom stereocenters. The molecule has 0 aliphatic heterocycles. The molecule has 0 bridgehead atoms. The van der Waals surface area contributed by atoms with E-state index >= 15 is 0 Å². The molecule has 0 aromatic heterocycles. The lowest BCUT2D eigenvalue weighted by atomic mass is 10.2. The normalized spacial score (nSPS) is 10.9. The van der Waals surface area contributed by atoms with Gasteiger partial charge >= 0.3 is 6.61 Å². The zero-order chi connectivity index (χ0) is 11.3. The van der Waals surface area contributed by atoms with E-state index in [4.69, 9.17) is 5.73 Å². The molecule has 3 nitrogen and oxygen atoms in total. The van der Waals surface area contributed by atoms with Crippen LogP contribution in [0.3, 0.4) is 0 Å². The van der Waals surface area contributed by atoms with Crippen molar-refractivity contribution in [3.8, 4) is 5.75 Å². The Kier molecular flexibility index (Phi) is 3.79. The molecule has 0 saturated carbocycles. The Morgan fingerprint density at radius 2 is 2.20 bits per heavy atom. The zero-order valence-corrected chi connectivity index (χ0v) is 7.69. The number of rotatable bonds is 4. The standard InChI is InChI=1S/C10H9F2NO2/c11-10(12)15-8-3-1-2-7(6-8)4-5-9(13)14/h1-6,10H,(H2,13,14)/b5-4-. The smallest absolute Gasteiger partial charge is 0.387 e. The summed E-state index contributed by atoms with van der Waals surface area (Å²) >= 11 is 0. The summed E-state index contributed by atoms with van der Waals surface area (Å²) in [4.78, 5) is 10.4. The van der Waals surface area contributed by atoms with Crippen molar-refractivity contribution < 1.29 is 18.3 Å². The Bertz CT molecular complexity index is 377. The van der Waals surface area contributed by atoms with Crippen LogP contribution in [0, 0.1) is 0 Å². The summed E-state index contributed by atoms with van der Waals surface area (Å²) in [7, 11) is 0. The van der Waals surface area contributed by atoms with Crippen molar-refractivity contribution in [2.45, 2.75) is 6.61 Å². The first kappa shape index (κ1) is 11.2. The predicted molar refractivity (Wildman–Crippen MR) is 51.3 cm³/mol. The lowest BCUT2D eigenvalue weighted by Gasteiger charge is -2.04. The molecule has 80 valence electrons. The summed E-state index contributed by atoms with van der Waals surface area (Å²) in [6.07, 6.45) is 2.56. The lowest BCUT2D eigenvalue weighted by molar-refractivity contribution is -0.113. The van der Waals surface area contributed by atoms with Crippen LogP contribution >= 0.6 is 0 Å². The highest BCUT2D eigenvalue weighted by Gasteiger charge is 2.03. The van der Waals surface area contributed by atoms with Gasteiger partial charge in [-0.25, -0.2) is 0 Å². The van der Waals surface area contributed by atoms with Crippen LogP contribution in [0.1, 0.15) is 5.56 Å². The van der Waals surface area contributed by atoms with Crippen molar-refractivity contribution in [2.75, 3.05) is 0 Å². The van der Waals surface area contributed by atoms with Crippen LogP contribution in [0.4, 0.5) is 8.78 Å². The molecule has 0 heterocycles. The second-order valence-corrected chi connectivity index (χ2v) is 2.69. The predicted octanol–water partition coefficient (Wildman–Crippen LogP) is 1.79. The van der Waals surface area contributed by atoms with E-state index < -0.39 is 12.5 Å². The fraction of sp³-hybridized carbons (Fsp3) is 0.100. The van der Waals surface area contributed by atoms with E-state index in [9.17, 15) is 13.6 Å². The van der Waals surface area contributed by atoms with E-state index in [1.54, 1.807) is 12.1 Å². The third-order valence-corrected chi connectivity index (χ3v) is 1.52. The highest BCUT2D eigenvalue weighted by molar-refractivity contribution is 5.90. The second kappa shape index (κ2) is 5.09. The molecule has 1 aromatic carbocycles. The minimum atomic E-state index is -2.86. The third-order valence-electron chi connectivity index (χ3n) is 1.52. The summed E-state index contributed by atoms with van der Waals surface area (Å²) in [5.74, 6) is -0.563.